The van der Waals surface area contributed by atoms with Crippen LogP contribution in [-0.2, 0) is 4.79 Å². The van der Waals surface area contributed by atoms with E-state index in [0.29, 0.717) is 11.3 Å². The van der Waals surface area contributed by atoms with Crippen LogP contribution in [0.25, 0.3) is 28.3 Å². The van der Waals surface area contributed by atoms with E-state index in [1.807, 2.05) is 19.1 Å². The molecule has 0 fully saturated rings. The number of nitrogens with one attached hydrogen (secondary N) is 1. The highest BCUT2D eigenvalue weighted by molar-refractivity contribution is 6.01. The molecule has 0 bridgehead atoms. The number of ketones is 1. The van der Waals surface area contributed by atoms with Gasteiger partial charge in [0.2, 0.25) is 0 Å². The molecular formula is C17H14FNO2. The molecule has 0 unspecified atom stereocenters. The van der Waals surface area contributed by atoms with Gasteiger partial charge in [-0.3, -0.25) is 4.79 Å². The number of furan rings is 1. The maximum absolute atomic E-state index is 13.4. The van der Waals surface area contributed by atoms with E-state index in [2.05, 4.69) is 4.98 Å². The molecule has 1 N–H and O–H groups in total. The molecule has 0 spiro atoms. The Bertz CT molecular complexity index is 855. The van der Waals surface area contributed by atoms with Gasteiger partial charge in [-0.1, -0.05) is 0 Å². The van der Waals surface area contributed by atoms with E-state index < -0.39 is 0 Å². The SMILES string of the molecule is CC(=O)/C=C/c1[nH]c2cc(F)ccc2c1-c1ccc(C)o1. The molecule has 106 valence electrons. The minimum atomic E-state index is -0.312. The molecule has 0 radical (unpaired) electrons. The molecule has 0 aliphatic heterocycles. The van der Waals surface area contributed by atoms with Crippen LogP contribution in [0.5, 0.6) is 0 Å². The molecule has 0 aliphatic rings. The topological polar surface area (TPSA) is 46.0 Å². The van der Waals surface area contributed by atoms with Crippen LogP contribution in [0.15, 0.2) is 40.8 Å². The monoisotopic (exact) mass is 283 g/mol. The van der Waals surface area contributed by atoms with Gasteiger partial charge >= 0.3 is 0 Å². The van der Waals surface area contributed by atoms with Gasteiger partial charge in [-0.2, -0.15) is 0 Å². The van der Waals surface area contributed by atoms with Gasteiger partial charge in [0.25, 0.3) is 0 Å². The molecule has 0 atom stereocenters. The Balaban J connectivity index is 2.27. The maximum atomic E-state index is 13.4. The molecule has 21 heavy (non-hydrogen) atoms. The number of halogens is 1. The van der Waals surface area contributed by atoms with Gasteiger partial charge in [0, 0.05) is 16.5 Å². The predicted octanol–water partition coefficient (Wildman–Crippen LogP) is 4.48. The fraction of sp³-hybridized carbons (Fsp3) is 0.118. The van der Waals surface area contributed by atoms with Crippen molar-refractivity contribution < 1.29 is 13.6 Å². The number of carbonyl (C=O) groups is 1. The number of benzene rings is 1. The smallest absolute Gasteiger partial charge is 0.152 e. The first-order chi connectivity index (χ1) is 10.0. The summed E-state index contributed by atoms with van der Waals surface area (Å²) in [6.07, 6.45) is 3.16. The quantitative estimate of drug-likeness (QED) is 0.720. The molecular weight excluding hydrogens is 269 g/mol. The lowest BCUT2D eigenvalue weighted by molar-refractivity contribution is -0.112. The van der Waals surface area contributed by atoms with Crippen molar-refractivity contribution in [2.75, 3.05) is 0 Å². The van der Waals surface area contributed by atoms with E-state index in [4.69, 9.17) is 4.42 Å². The Morgan fingerprint density at radius 3 is 2.76 bits per heavy atom. The number of aromatic nitrogens is 1. The van der Waals surface area contributed by atoms with Crippen LogP contribution >= 0.6 is 0 Å². The Morgan fingerprint density at radius 1 is 1.29 bits per heavy atom. The predicted molar refractivity (Wildman–Crippen MR) is 80.4 cm³/mol. The highest BCUT2D eigenvalue weighted by Crippen LogP contribution is 2.34. The molecule has 3 aromatic rings. The molecule has 4 heteroatoms. The lowest BCUT2D eigenvalue weighted by atomic mass is 10.1. The van der Waals surface area contributed by atoms with Gasteiger partial charge < -0.3 is 9.40 Å². The zero-order chi connectivity index (χ0) is 15.0. The number of hydrogen-bond donors (Lipinski definition) is 1. The molecule has 3 rings (SSSR count). The molecule has 0 amide bonds. The summed E-state index contributed by atoms with van der Waals surface area (Å²) in [7, 11) is 0. The summed E-state index contributed by atoms with van der Waals surface area (Å²) < 4.78 is 19.1. The average molecular weight is 283 g/mol. The summed E-state index contributed by atoms with van der Waals surface area (Å²) in [6, 6.07) is 8.29. The van der Waals surface area contributed by atoms with Gasteiger partial charge in [0.15, 0.2) is 5.78 Å². The Kier molecular flexibility index (Phi) is 3.22. The number of fused-ring (bicyclic) bond motifs is 1. The normalized spacial score (nSPS) is 11.6. The van der Waals surface area contributed by atoms with Gasteiger partial charge in [-0.05, 0) is 56.3 Å². The van der Waals surface area contributed by atoms with Crippen LogP contribution in [0.4, 0.5) is 4.39 Å². The van der Waals surface area contributed by atoms with Crippen molar-refractivity contribution in [2.45, 2.75) is 13.8 Å². The first kappa shape index (κ1) is 13.4. The van der Waals surface area contributed by atoms with Crippen molar-refractivity contribution in [1.82, 2.24) is 4.98 Å². The van der Waals surface area contributed by atoms with Crippen molar-refractivity contribution in [3.8, 4) is 11.3 Å². The Labute approximate surface area is 121 Å². The van der Waals surface area contributed by atoms with Crippen molar-refractivity contribution in [3.63, 3.8) is 0 Å². The van der Waals surface area contributed by atoms with Crippen LogP contribution < -0.4 is 0 Å². The van der Waals surface area contributed by atoms with Gasteiger partial charge in [-0.25, -0.2) is 4.39 Å². The summed E-state index contributed by atoms with van der Waals surface area (Å²) in [5, 5.41) is 0.856. The summed E-state index contributed by atoms with van der Waals surface area (Å²) in [5.74, 6) is 1.12. The van der Waals surface area contributed by atoms with Gasteiger partial charge in [0.1, 0.15) is 17.3 Å². The minimum absolute atomic E-state index is 0.0542. The summed E-state index contributed by atoms with van der Waals surface area (Å²) in [4.78, 5) is 14.3. The third-order valence-electron chi connectivity index (χ3n) is 3.26. The third kappa shape index (κ3) is 2.52. The van der Waals surface area contributed by atoms with Crippen LogP contribution in [0.2, 0.25) is 0 Å². The van der Waals surface area contributed by atoms with Gasteiger partial charge in [-0.15, -0.1) is 0 Å². The van der Waals surface area contributed by atoms with Crippen LogP contribution in [0.3, 0.4) is 0 Å². The molecule has 3 nitrogen and oxygen atoms in total. The number of H-pyrrole nitrogens is 1. The lowest BCUT2D eigenvalue weighted by Gasteiger charge is -1.98. The number of hydrogen-bond acceptors (Lipinski definition) is 2. The molecule has 2 heterocycles. The molecule has 0 saturated heterocycles. The second kappa shape index (κ2) is 5.05. The van der Waals surface area contributed by atoms with Gasteiger partial charge in [0.05, 0.1) is 5.69 Å². The largest absolute Gasteiger partial charge is 0.461 e. The molecule has 0 saturated carbocycles. The van der Waals surface area contributed by atoms with E-state index in [0.717, 1.165) is 22.4 Å². The highest BCUT2D eigenvalue weighted by Gasteiger charge is 2.15. The van der Waals surface area contributed by atoms with Crippen molar-refractivity contribution in [3.05, 3.63) is 53.7 Å². The van der Waals surface area contributed by atoms with E-state index in [-0.39, 0.29) is 11.6 Å². The van der Waals surface area contributed by atoms with Crippen molar-refractivity contribution in [2.24, 2.45) is 0 Å². The van der Waals surface area contributed by atoms with Crippen LogP contribution in [0, 0.1) is 12.7 Å². The number of allylic oxidation sites excluding steroid dienone is 1. The highest BCUT2D eigenvalue weighted by atomic mass is 19.1. The van der Waals surface area contributed by atoms with Crippen molar-refractivity contribution >= 4 is 22.8 Å². The van der Waals surface area contributed by atoms with E-state index in [9.17, 15) is 9.18 Å². The van der Waals surface area contributed by atoms with E-state index in [1.54, 1.807) is 12.1 Å². The first-order valence-corrected chi connectivity index (χ1v) is 6.61. The zero-order valence-electron chi connectivity index (χ0n) is 11.7. The zero-order valence-corrected chi connectivity index (χ0v) is 11.7. The maximum Gasteiger partial charge on any atom is 0.152 e. The third-order valence-corrected chi connectivity index (χ3v) is 3.26. The minimum Gasteiger partial charge on any atom is -0.461 e. The average Bonchev–Trinajstić information content (AvgIpc) is 2.98. The summed E-state index contributed by atoms with van der Waals surface area (Å²) in [5.41, 5.74) is 2.22. The second-order valence-corrected chi connectivity index (χ2v) is 4.96. The molecule has 1 aromatic carbocycles. The Morgan fingerprint density at radius 2 is 2.10 bits per heavy atom. The first-order valence-electron chi connectivity index (χ1n) is 6.61. The summed E-state index contributed by atoms with van der Waals surface area (Å²) in [6.45, 7) is 3.35. The number of aryl methyl sites for hydroxylation is 1. The lowest BCUT2D eigenvalue weighted by Crippen LogP contribution is -1.82. The Hall–Kier alpha value is -2.62. The number of rotatable bonds is 3. The summed E-state index contributed by atoms with van der Waals surface area (Å²) >= 11 is 0. The molecule has 0 aliphatic carbocycles. The second-order valence-electron chi connectivity index (χ2n) is 4.96. The van der Waals surface area contributed by atoms with E-state index in [1.165, 1.54) is 25.1 Å². The fourth-order valence-corrected chi connectivity index (χ4v) is 2.35. The van der Waals surface area contributed by atoms with Crippen LogP contribution in [0.1, 0.15) is 18.4 Å². The molecule has 2 aromatic heterocycles. The van der Waals surface area contributed by atoms with E-state index >= 15 is 0 Å². The van der Waals surface area contributed by atoms with Crippen molar-refractivity contribution in [1.29, 1.82) is 0 Å². The standard InChI is InChI=1S/C17H14FNO2/c1-10(20)3-7-14-17(16-8-4-11(2)21-16)13-6-5-12(18)9-15(13)19-14/h3-9,19H,1-2H3/b7-3+. The number of aromatic amines is 1. The van der Waals surface area contributed by atoms with Crippen LogP contribution in [-0.4, -0.2) is 10.8 Å². The number of carbonyl (C=O) groups excluding carboxylic acids is 1. The fourth-order valence-electron chi connectivity index (χ4n) is 2.35.